The SMILES string of the molecule is CCCCC(CC)(c1cc(C(C)(C)C)c(O)c(C(C)(C)C)c1)c1cc(C(C)(C)C)c(O)c(C(C)(C)C)c1. The molecule has 0 fully saturated rings. The summed E-state index contributed by atoms with van der Waals surface area (Å²) in [5, 5.41) is 22.9. The predicted molar refractivity (Wildman–Crippen MR) is 162 cm³/mol. The molecule has 0 aliphatic heterocycles. The number of phenolic OH excluding ortho intramolecular Hbond substituents is 2. The standard InChI is InChI=1S/C35H56O2/c1-15-17-18-35(16-2,23-19-25(31(3,4)5)29(36)26(20-23)32(6,7)8)24-21-27(33(9,10)11)30(37)28(22-24)34(12,13)14/h19-22,36-37H,15-18H2,1-14H3. The molecule has 0 heterocycles. The number of hydrogen-bond donors (Lipinski definition) is 2. The second kappa shape index (κ2) is 10.3. The summed E-state index contributed by atoms with van der Waals surface area (Å²) < 4.78 is 0. The second-order valence-electron chi connectivity index (χ2n) is 15.4. The van der Waals surface area contributed by atoms with Gasteiger partial charge in [0, 0.05) is 5.41 Å². The Bertz CT molecular complexity index is 941. The van der Waals surface area contributed by atoms with E-state index in [1.54, 1.807) is 0 Å². The highest BCUT2D eigenvalue weighted by atomic mass is 16.3. The number of unbranched alkanes of at least 4 members (excludes halogenated alkanes) is 1. The zero-order valence-corrected chi connectivity index (χ0v) is 26.5. The van der Waals surface area contributed by atoms with Crippen molar-refractivity contribution in [3.8, 4) is 11.5 Å². The molecule has 37 heavy (non-hydrogen) atoms. The van der Waals surface area contributed by atoms with Gasteiger partial charge in [-0.3, -0.25) is 0 Å². The molecule has 2 aromatic rings. The van der Waals surface area contributed by atoms with Gasteiger partial charge in [-0.15, -0.1) is 0 Å². The molecule has 2 N–H and O–H groups in total. The fourth-order valence-electron chi connectivity index (χ4n) is 5.63. The van der Waals surface area contributed by atoms with Crippen LogP contribution >= 0.6 is 0 Å². The van der Waals surface area contributed by atoms with Gasteiger partial charge in [-0.05, 0) is 67.9 Å². The van der Waals surface area contributed by atoms with Crippen LogP contribution in [0.1, 0.15) is 156 Å². The smallest absolute Gasteiger partial charge is 0.123 e. The van der Waals surface area contributed by atoms with E-state index in [0.29, 0.717) is 11.5 Å². The van der Waals surface area contributed by atoms with Crippen molar-refractivity contribution in [1.82, 2.24) is 0 Å². The summed E-state index contributed by atoms with van der Waals surface area (Å²) >= 11 is 0. The molecule has 0 amide bonds. The molecule has 208 valence electrons. The van der Waals surface area contributed by atoms with Crippen LogP contribution in [-0.4, -0.2) is 10.2 Å². The zero-order valence-electron chi connectivity index (χ0n) is 26.5. The van der Waals surface area contributed by atoms with E-state index >= 15 is 0 Å². The normalized spacial score (nSPS) is 13.8. The lowest BCUT2D eigenvalue weighted by atomic mass is 9.64. The van der Waals surface area contributed by atoms with Gasteiger partial charge in [0.05, 0.1) is 0 Å². The van der Waals surface area contributed by atoms with Crippen molar-refractivity contribution in [3.63, 3.8) is 0 Å². The summed E-state index contributed by atoms with van der Waals surface area (Å²) in [5.74, 6) is 0.862. The first-order chi connectivity index (χ1) is 16.6. The monoisotopic (exact) mass is 508 g/mol. The zero-order chi connectivity index (χ0) is 28.8. The lowest BCUT2D eigenvalue weighted by Gasteiger charge is -2.39. The van der Waals surface area contributed by atoms with E-state index in [0.717, 1.165) is 47.9 Å². The van der Waals surface area contributed by atoms with Gasteiger partial charge in [-0.25, -0.2) is 0 Å². The molecule has 0 atom stereocenters. The largest absolute Gasteiger partial charge is 0.507 e. The van der Waals surface area contributed by atoms with Crippen LogP contribution in [0.2, 0.25) is 0 Å². The predicted octanol–water partition coefficient (Wildman–Crippen LogP) is 10.2. The van der Waals surface area contributed by atoms with E-state index in [4.69, 9.17) is 0 Å². The maximum absolute atomic E-state index is 11.5. The van der Waals surface area contributed by atoms with Gasteiger partial charge in [0.25, 0.3) is 0 Å². The van der Waals surface area contributed by atoms with Crippen LogP contribution in [0, 0.1) is 0 Å². The topological polar surface area (TPSA) is 40.5 Å². The van der Waals surface area contributed by atoms with Gasteiger partial charge in [0.2, 0.25) is 0 Å². The molecule has 2 nitrogen and oxygen atoms in total. The Labute approximate surface area is 228 Å². The van der Waals surface area contributed by atoms with Gasteiger partial charge in [-0.2, -0.15) is 0 Å². The number of benzene rings is 2. The van der Waals surface area contributed by atoms with E-state index < -0.39 is 0 Å². The first-order valence-corrected chi connectivity index (χ1v) is 14.4. The van der Waals surface area contributed by atoms with Crippen molar-refractivity contribution in [2.45, 2.75) is 150 Å². The molecule has 0 saturated heterocycles. The molecule has 2 rings (SSSR count). The Hall–Kier alpha value is -1.96. The third-order valence-electron chi connectivity index (χ3n) is 8.12. The lowest BCUT2D eigenvalue weighted by Crippen LogP contribution is -2.31. The molecule has 0 saturated carbocycles. The molecule has 0 unspecified atom stereocenters. The van der Waals surface area contributed by atoms with Crippen LogP contribution in [0.5, 0.6) is 11.5 Å². The maximum atomic E-state index is 11.5. The number of aromatic hydroxyl groups is 2. The average molecular weight is 509 g/mol. The van der Waals surface area contributed by atoms with Crippen LogP contribution in [0.4, 0.5) is 0 Å². The van der Waals surface area contributed by atoms with Crippen LogP contribution in [0.3, 0.4) is 0 Å². The summed E-state index contributed by atoms with van der Waals surface area (Å²) in [7, 11) is 0. The first kappa shape index (κ1) is 31.3. The number of phenols is 2. The molecular formula is C35H56O2. The molecular weight excluding hydrogens is 452 g/mol. The molecule has 0 bridgehead atoms. The highest BCUT2D eigenvalue weighted by Gasteiger charge is 2.38. The summed E-state index contributed by atoms with van der Waals surface area (Å²) in [5.41, 5.74) is 5.62. The van der Waals surface area contributed by atoms with E-state index in [9.17, 15) is 10.2 Å². The molecule has 0 aliphatic rings. The van der Waals surface area contributed by atoms with Crippen molar-refractivity contribution >= 4 is 0 Å². The van der Waals surface area contributed by atoms with Gasteiger partial charge >= 0.3 is 0 Å². The minimum absolute atomic E-state index is 0.188. The Morgan fingerprint density at radius 2 is 0.784 bits per heavy atom. The Morgan fingerprint density at radius 3 is 0.973 bits per heavy atom. The van der Waals surface area contributed by atoms with Crippen molar-refractivity contribution in [1.29, 1.82) is 0 Å². The van der Waals surface area contributed by atoms with E-state index in [2.05, 4.69) is 121 Å². The highest BCUT2D eigenvalue weighted by molar-refractivity contribution is 5.57. The quantitative estimate of drug-likeness (QED) is 0.407. The first-order valence-electron chi connectivity index (χ1n) is 14.4. The molecule has 0 aromatic heterocycles. The fourth-order valence-corrected chi connectivity index (χ4v) is 5.63. The van der Waals surface area contributed by atoms with E-state index in [-0.39, 0.29) is 27.1 Å². The lowest BCUT2D eigenvalue weighted by molar-refractivity contribution is 0.404. The molecule has 0 aliphatic carbocycles. The molecule has 0 spiro atoms. The Morgan fingerprint density at radius 1 is 0.514 bits per heavy atom. The van der Waals surface area contributed by atoms with Gasteiger partial charge in [0.1, 0.15) is 11.5 Å². The van der Waals surface area contributed by atoms with Crippen LogP contribution < -0.4 is 0 Å². The van der Waals surface area contributed by atoms with Crippen LogP contribution in [0.25, 0.3) is 0 Å². The Balaban J connectivity index is 3.14. The third-order valence-corrected chi connectivity index (χ3v) is 8.12. The van der Waals surface area contributed by atoms with Gasteiger partial charge < -0.3 is 10.2 Å². The van der Waals surface area contributed by atoms with E-state index in [1.165, 1.54) is 11.1 Å². The second-order valence-corrected chi connectivity index (χ2v) is 15.4. The molecule has 2 aromatic carbocycles. The van der Waals surface area contributed by atoms with E-state index in [1.807, 2.05) is 0 Å². The van der Waals surface area contributed by atoms with Gasteiger partial charge in [-0.1, -0.05) is 134 Å². The van der Waals surface area contributed by atoms with Crippen molar-refractivity contribution in [2.75, 3.05) is 0 Å². The molecule has 2 heteroatoms. The average Bonchev–Trinajstić information content (AvgIpc) is 2.72. The fraction of sp³-hybridized carbons (Fsp3) is 0.657. The summed E-state index contributed by atoms with van der Waals surface area (Å²) in [6.45, 7) is 30.8. The Kier molecular flexibility index (Phi) is 8.71. The maximum Gasteiger partial charge on any atom is 0.123 e. The minimum atomic E-state index is -0.225. The number of hydrogen-bond acceptors (Lipinski definition) is 2. The van der Waals surface area contributed by atoms with Crippen molar-refractivity contribution < 1.29 is 10.2 Å². The van der Waals surface area contributed by atoms with Crippen molar-refractivity contribution in [2.24, 2.45) is 0 Å². The third kappa shape index (κ3) is 6.37. The van der Waals surface area contributed by atoms with Crippen molar-refractivity contribution in [3.05, 3.63) is 57.6 Å². The highest BCUT2D eigenvalue weighted by Crippen LogP contribution is 2.50. The molecule has 0 radical (unpaired) electrons. The summed E-state index contributed by atoms with van der Waals surface area (Å²) in [4.78, 5) is 0. The summed E-state index contributed by atoms with van der Waals surface area (Å²) in [6, 6.07) is 9.13. The van der Waals surface area contributed by atoms with Crippen LogP contribution in [0.15, 0.2) is 24.3 Å². The number of rotatable bonds is 6. The minimum Gasteiger partial charge on any atom is -0.507 e. The van der Waals surface area contributed by atoms with Gasteiger partial charge in [0.15, 0.2) is 0 Å². The van der Waals surface area contributed by atoms with Crippen LogP contribution in [-0.2, 0) is 27.1 Å². The summed E-state index contributed by atoms with van der Waals surface area (Å²) in [6.07, 6.45) is 4.20.